The van der Waals surface area contributed by atoms with Gasteiger partial charge in [-0.2, -0.15) is 0 Å². The zero-order valence-electron chi connectivity index (χ0n) is 11.1. The number of benzene rings is 1. The Bertz CT molecular complexity index is 506. The van der Waals surface area contributed by atoms with Crippen LogP contribution in [0.5, 0.6) is 0 Å². The van der Waals surface area contributed by atoms with Crippen molar-refractivity contribution in [3.8, 4) is 0 Å². The fourth-order valence-corrected chi connectivity index (χ4v) is 2.41. The van der Waals surface area contributed by atoms with E-state index in [1.807, 2.05) is 12.4 Å². The third-order valence-corrected chi connectivity index (χ3v) is 3.38. The first-order valence-electron chi connectivity index (χ1n) is 6.37. The van der Waals surface area contributed by atoms with Crippen LogP contribution < -0.4 is 5.73 Å². The first-order chi connectivity index (χ1) is 8.70. The molecule has 1 aromatic heterocycles. The molecular weight excluding hydrogens is 220 g/mol. The SMILES string of the molecule is Cc1ccc(C(CN)Cc2ccncc2)c(C)c1. The van der Waals surface area contributed by atoms with Crippen LogP contribution >= 0.6 is 0 Å². The van der Waals surface area contributed by atoms with Crippen molar-refractivity contribution in [1.82, 2.24) is 4.98 Å². The van der Waals surface area contributed by atoms with Crippen molar-refractivity contribution in [2.75, 3.05) is 6.54 Å². The second-order valence-corrected chi connectivity index (χ2v) is 4.85. The molecule has 0 spiro atoms. The minimum absolute atomic E-state index is 0.382. The average Bonchev–Trinajstić information content (AvgIpc) is 2.38. The van der Waals surface area contributed by atoms with E-state index in [1.165, 1.54) is 22.3 Å². The summed E-state index contributed by atoms with van der Waals surface area (Å²) in [5.74, 6) is 0.382. The fourth-order valence-electron chi connectivity index (χ4n) is 2.41. The Morgan fingerprint density at radius 2 is 1.83 bits per heavy atom. The van der Waals surface area contributed by atoms with Crippen LogP contribution in [0, 0.1) is 13.8 Å². The highest BCUT2D eigenvalue weighted by Gasteiger charge is 2.12. The number of aryl methyl sites for hydroxylation is 2. The van der Waals surface area contributed by atoms with E-state index in [-0.39, 0.29) is 0 Å². The number of pyridine rings is 1. The van der Waals surface area contributed by atoms with Gasteiger partial charge in [-0.3, -0.25) is 4.98 Å². The Kier molecular flexibility index (Phi) is 4.11. The maximum absolute atomic E-state index is 5.94. The van der Waals surface area contributed by atoms with Gasteiger partial charge in [0.2, 0.25) is 0 Å². The van der Waals surface area contributed by atoms with Crippen molar-refractivity contribution in [2.45, 2.75) is 26.2 Å². The minimum atomic E-state index is 0.382. The van der Waals surface area contributed by atoms with Gasteiger partial charge >= 0.3 is 0 Å². The molecular formula is C16H20N2. The van der Waals surface area contributed by atoms with Gasteiger partial charge in [-0.15, -0.1) is 0 Å². The molecule has 0 aliphatic carbocycles. The predicted octanol–water partition coefficient (Wildman–Crippen LogP) is 2.98. The maximum Gasteiger partial charge on any atom is 0.0270 e. The highest BCUT2D eigenvalue weighted by atomic mass is 14.6. The molecule has 2 heteroatoms. The lowest BCUT2D eigenvalue weighted by molar-refractivity contribution is 0.689. The van der Waals surface area contributed by atoms with Crippen LogP contribution in [-0.2, 0) is 6.42 Å². The number of hydrogen-bond donors (Lipinski definition) is 1. The summed E-state index contributed by atoms with van der Waals surface area (Å²) >= 11 is 0. The van der Waals surface area contributed by atoms with E-state index in [0.717, 1.165) is 6.42 Å². The summed E-state index contributed by atoms with van der Waals surface area (Å²) in [4.78, 5) is 4.05. The Morgan fingerprint density at radius 1 is 1.11 bits per heavy atom. The molecule has 2 N–H and O–H groups in total. The van der Waals surface area contributed by atoms with Crippen LogP contribution in [0.4, 0.5) is 0 Å². The lowest BCUT2D eigenvalue weighted by atomic mass is 9.89. The van der Waals surface area contributed by atoms with Crippen molar-refractivity contribution in [1.29, 1.82) is 0 Å². The van der Waals surface area contributed by atoms with Crippen molar-refractivity contribution < 1.29 is 0 Å². The topological polar surface area (TPSA) is 38.9 Å². The summed E-state index contributed by atoms with van der Waals surface area (Å²) in [6, 6.07) is 10.7. The van der Waals surface area contributed by atoms with Crippen molar-refractivity contribution in [3.05, 3.63) is 65.0 Å². The molecule has 2 rings (SSSR count). The Morgan fingerprint density at radius 3 is 2.44 bits per heavy atom. The summed E-state index contributed by atoms with van der Waals surface area (Å²) in [6.07, 6.45) is 4.65. The van der Waals surface area contributed by atoms with Crippen molar-refractivity contribution >= 4 is 0 Å². The summed E-state index contributed by atoms with van der Waals surface area (Å²) in [5.41, 5.74) is 11.2. The molecule has 94 valence electrons. The van der Waals surface area contributed by atoms with Crippen LogP contribution in [0.2, 0.25) is 0 Å². The van der Waals surface area contributed by atoms with Gasteiger partial charge < -0.3 is 5.73 Å². The van der Waals surface area contributed by atoms with E-state index in [0.29, 0.717) is 12.5 Å². The third-order valence-electron chi connectivity index (χ3n) is 3.38. The van der Waals surface area contributed by atoms with E-state index in [9.17, 15) is 0 Å². The van der Waals surface area contributed by atoms with Gasteiger partial charge in [-0.25, -0.2) is 0 Å². The fraction of sp³-hybridized carbons (Fsp3) is 0.312. The largest absolute Gasteiger partial charge is 0.330 e. The maximum atomic E-state index is 5.94. The lowest BCUT2D eigenvalue weighted by Crippen LogP contribution is -2.16. The summed E-state index contributed by atoms with van der Waals surface area (Å²) in [6.45, 7) is 4.96. The van der Waals surface area contributed by atoms with Gasteiger partial charge in [-0.1, -0.05) is 23.8 Å². The Balaban J connectivity index is 2.23. The highest BCUT2D eigenvalue weighted by Crippen LogP contribution is 2.23. The summed E-state index contributed by atoms with van der Waals surface area (Å²) in [5, 5.41) is 0. The first kappa shape index (κ1) is 12.8. The van der Waals surface area contributed by atoms with Crippen molar-refractivity contribution in [2.24, 2.45) is 5.73 Å². The molecule has 0 saturated carbocycles. The quantitative estimate of drug-likeness (QED) is 0.892. The van der Waals surface area contributed by atoms with Gasteiger partial charge in [0.15, 0.2) is 0 Å². The minimum Gasteiger partial charge on any atom is -0.330 e. The van der Waals surface area contributed by atoms with Crippen LogP contribution in [0.15, 0.2) is 42.7 Å². The standard InChI is InChI=1S/C16H20N2/c1-12-3-4-16(13(2)9-12)15(11-17)10-14-5-7-18-8-6-14/h3-9,15H,10-11,17H2,1-2H3. The molecule has 1 atom stereocenters. The summed E-state index contributed by atoms with van der Waals surface area (Å²) < 4.78 is 0. The summed E-state index contributed by atoms with van der Waals surface area (Å²) in [7, 11) is 0. The van der Waals surface area contributed by atoms with Gasteiger partial charge in [0.05, 0.1) is 0 Å². The molecule has 2 nitrogen and oxygen atoms in total. The number of hydrogen-bond acceptors (Lipinski definition) is 2. The van der Waals surface area contributed by atoms with Gasteiger partial charge in [0.1, 0.15) is 0 Å². The lowest BCUT2D eigenvalue weighted by Gasteiger charge is -2.18. The van der Waals surface area contributed by atoms with E-state index >= 15 is 0 Å². The predicted molar refractivity (Wildman–Crippen MR) is 75.7 cm³/mol. The number of rotatable bonds is 4. The first-order valence-corrected chi connectivity index (χ1v) is 6.37. The monoisotopic (exact) mass is 240 g/mol. The van der Waals surface area contributed by atoms with Crippen LogP contribution in [0.25, 0.3) is 0 Å². The van der Waals surface area contributed by atoms with E-state index in [1.54, 1.807) is 0 Å². The van der Waals surface area contributed by atoms with E-state index < -0.39 is 0 Å². The molecule has 0 amide bonds. The second-order valence-electron chi connectivity index (χ2n) is 4.85. The zero-order chi connectivity index (χ0) is 13.0. The zero-order valence-corrected chi connectivity index (χ0v) is 11.1. The Hall–Kier alpha value is -1.67. The van der Waals surface area contributed by atoms with Crippen molar-refractivity contribution in [3.63, 3.8) is 0 Å². The number of aromatic nitrogens is 1. The molecule has 1 heterocycles. The van der Waals surface area contributed by atoms with Gasteiger partial charge in [0.25, 0.3) is 0 Å². The molecule has 2 aromatic rings. The van der Waals surface area contributed by atoms with Gasteiger partial charge in [0, 0.05) is 18.3 Å². The van der Waals surface area contributed by atoms with Crippen LogP contribution in [0.3, 0.4) is 0 Å². The van der Waals surface area contributed by atoms with E-state index in [4.69, 9.17) is 5.73 Å². The molecule has 0 radical (unpaired) electrons. The van der Waals surface area contributed by atoms with Gasteiger partial charge in [-0.05, 0) is 55.6 Å². The number of nitrogens with two attached hydrogens (primary N) is 1. The second kappa shape index (κ2) is 5.78. The molecule has 0 fully saturated rings. The third kappa shape index (κ3) is 2.96. The highest BCUT2D eigenvalue weighted by molar-refractivity contribution is 5.34. The molecule has 0 aliphatic rings. The molecule has 1 unspecified atom stereocenters. The molecule has 0 aliphatic heterocycles. The van der Waals surface area contributed by atoms with Crippen LogP contribution in [-0.4, -0.2) is 11.5 Å². The van der Waals surface area contributed by atoms with Crippen LogP contribution in [0.1, 0.15) is 28.2 Å². The molecule has 18 heavy (non-hydrogen) atoms. The molecule has 0 saturated heterocycles. The normalized spacial score (nSPS) is 12.4. The molecule has 1 aromatic carbocycles. The van der Waals surface area contributed by atoms with E-state index in [2.05, 4.69) is 49.2 Å². The average molecular weight is 240 g/mol. The Labute approximate surface area is 109 Å². The smallest absolute Gasteiger partial charge is 0.0270 e. The molecule has 0 bridgehead atoms. The number of nitrogens with zero attached hydrogens (tertiary/aromatic N) is 1.